The standard InChI is InChI=1S/C12H14N2O6/c1-20-9-5-2-4-8(14(18)19)11(9)12(17)13-7-3-6-10(15)16/h2,4-5H,3,6-7H2,1H3,(H,13,17)(H,15,16). The van der Waals surface area contributed by atoms with Crippen LogP contribution in [0, 0.1) is 10.1 Å². The lowest BCUT2D eigenvalue weighted by atomic mass is 10.1. The third-order valence-corrected chi connectivity index (χ3v) is 2.50. The number of carboxylic acids is 1. The molecule has 0 saturated heterocycles. The van der Waals surface area contributed by atoms with E-state index in [1.54, 1.807) is 0 Å². The lowest BCUT2D eigenvalue weighted by Gasteiger charge is -2.09. The first-order valence-corrected chi connectivity index (χ1v) is 5.78. The van der Waals surface area contributed by atoms with Gasteiger partial charge in [-0.1, -0.05) is 6.07 Å². The van der Waals surface area contributed by atoms with Crippen LogP contribution in [0.5, 0.6) is 5.75 Å². The second kappa shape index (κ2) is 7.07. The van der Waals surface area contributed by atoms with Gasteiger partial charge in [0.25, 0.3) is 11.6 Å². The summed E-state index contributed by atoms with van der Waals surface area (Å²) in [6.07, 6.45) is 0.151. The van der Waals surface area contributed by atoms with Crippen molar-refractivity contribution in [2.24, 2.45) is 0 Å². The van der Waals surface area contributed by atoms with Crippen LogP contribution in [0.3, 0.4) is 0 Å². The van der Waals surface area contributed by atoms with Crippen molar-refractivity contribution in [3.63, 3.8) is 0 Å². The maximum atomic E-state index is 12.0. The zero-order valence-electron chi connectivity index (χ0n) is 10.8. The van der Waals surface area contributed by atoms with E-state index in [4.69, 9.17) is 9.84 Å². The van der Waals surface area contributed by atoms with Crippen LogP contribution in [-0.2, 0) is 4.79 Å². The van der Waals surface area contributed by atoms with Gasteiger partial charge >= 0.3 is 5.97 Å². The number of aliphatic carboxylic acids is 1. The van der Waals surface area contributed by atoms with Gasteiger partial charge in [0.1, 0.15) is 5.75 Å². The minimum absolute atomic E-state index is 0.0890. The number of nitrogens with zero attached hydrogens (tertiary/aromatic N) is 1. The second-order valence-corrected chi connectivity index (χ2v) is 3.86. The Kier molecular flexibility index (Phi) is 5.45. The summed E-state index contributed by atoms with van der Waals surface area (Å²) in [6.45, 7) is 0.111. The van der Waals surface area contributed by atoms with E-state index in [2.05, 4.69) is 5.32 Å². The zero-order chi connectivity index (χ0) is 15.1. The fraction of sp³-hybridized carbons (Fsp3) is 0.333. The van der Waals surface area contributed by atoms with Gasteiger partial charge in [-0.15, -0.1) is 0 Å². The monoisotopic (exact) mass is 282 g/mol. The highest BCUT2D eigenvalue weighted by Gasteiger charge is 2.24. The molecule has 0 unspecified atom stereocenters. The number of methoxy groups -OCH3 is 1. The Morgan fingerprint density at radius 3 is 2.70 bits per heavy atom. The van der Waals surface area contributed by atoms with Gasteiger partial charge in [-0.25, -0.2) is 0 Å². The molecule has 0 bridgehead atoms. The summed E-state index contributed by atoms with van der Waals surface area (Å²) in [5, 5.41) is 21.8. The minimum atomic E-state index is -0.970. The highest BCUT2D eigenvalue weighted by Crippen LogP contribution is 2.27. The highest BCUT2D eigenvalue weighted by molar-refractivity contribution is 6.00. The van der Waals surface area contributed by atoms with E-state index in [9.17, 15) is 19.7 Å². The van der Waals surface area contributed by atoms with E-state index in [0.29, 0.717) is 0 Å². The quantitative estimate of drug-likeness (QED) is 0.440. The van der Waals surface area contributed by atoms with E-state index >= 15 is 0 Å². The summed E-state index contributed by atoms with van der Waals surface area (Å²) in [5.74, 6) is -1.54. The van der Waals surface area contributed by atoms with Crippen LogP contribution in [-0.4, -0.2) is 35.6 Å². The van der Waals surface area contributed by atoms with Crippen LogP contribution < -0.4 is 10.1 Å². The lowest BCUT2D eigenvalue weighted by molar-refractivity contribution is -0.385. The summed E-state index contributed by atoms with van der Waals surface area (Å²) in [6, 6.07) is 4.06. The molecule has 8 nitrogen and oxygen atoms in total. The number of benzene rings is 1. The zero-order valence-corrected chi connectivity index (χ0v) is 10.8. The van der Waals surface area contributed by atoms with Crippen LogP contribution >= 0.6 is 0 Å². The first-order valence-electron chi connectivity index (χ1n) is 5.78. The molecule has 0 aromatic heterocycles. The predicted octanol–water partition coefficient (Wildman–Crippen LogP) is 1.20. The number of nitrogens with one attached hydrogen (secondary N) is 1. The SMILES string of the molecule is COc1cccc([N+](=O)[O-])c1C(=O)NCCCC(=O)O. The van der Waals surface area contributed by atoms with Gasteiger partial charge < -0.3 is 15.2 Å². The van der Waals surface area contributed by atoms with E-state index in [1.807, 2.05) is 0 Å². The normalized spacial score (nSPS) is 9.85. The topological polar surface area (TPSA) is 119 Å². The van der Waals surface area contributed by atoms with Crippen molar-refractivity contribution in [2.75, 3.05) is 13.7 Å². The smallest absolute Gasteiger partial charge is 0.303 e. The van der Waals surface area contributed by atoms with Gasteiger partial charge in [-0.05, 0) is 12.5 Å². The van der Waals surface area contributed by atoms with Gasteiger partial charge in [-0.2, -0.15) is 0 Å². The molecule has 0 atom stereocenters. The summed E-state index contributed by atoms with van der Waals surface area (Å²) >= 11 is 0. The van der Waals surface area contributed by atoms with Crippen LogP contribution in [0.1, 0.15) is 23.2 Å². The second-order valence-electron chi connectivity index (χ2n) is 3.86. The number of carbonyl (C=O) groups is 2. The molecule has 108 valence electrons. The number of amides is 1. The van der Waals surface area contributed by atoms with Gasteiger partial charge in [0, 0.05) is 19.0 Å². The third-order valence-electron chi connectivity index (χ3n) is 2.50. The Morgan fingerprint density at radius 2 is 2.15 bits per heavy atom. The maximum absolute atomic E-state index is 12.0. The Labute approximate surface area is 114 Å². The molecule has 0 aliphatic carbocycles. The molecule has 8 heteroatoms. The molecule has 0 fully saturated rings. The summed E-state index contributed by atoms with van der Waals surface area (Å²) in [7, 11) is 1.31. The van der Waals surface area contributed by atoms with Crippen molar-refractivity contribution < 1.29 is 24.4 Å². The van der Waals surface area contributed by atoms with Gasteiger partial charge in [0.05, 0.1) is 12.0 Å². The maximum Gasteiger partial charge on any atom is 0.303 e. The number of carboxylic acid groups (broad SMARTS) is 1. The Balaban J connectivity index is 2.85. The van der Waals surface area contributed by atoms with Gasteiger partial charge in [0.2, 0.25) is 0 Å². The lowest BCUT2D eigenvalue weighted by Crippen LogP contribution is -2.26. The van der Waals surface area contributed by atoms with E-state index < -0.39 is 16.8 Å². The Morgan fingerprint density at radius 1 is 1.45 bits per heavy atom. The van der Waals surface area contributed by atoms with Gasteiger partial charge in [0.15, 0.2) is 5.56 Å². The molecule has 1 rings (SSSR count). The first-order chi connectivity index (χ1) is 9.47. The van der Waals surface area contributed by atoms with Crippen molar-refractivity contribution in [1.82, 2.24) is 5.32 Å². The largest absolute Gasteiger partial charge is 0.496 e. The van der Waals surface area contributed by atoms with Gasteiger partial charge in [-0.3, -0.25) is 19.7 Å². The Hall–Kier alpha value is -2.64. The Bertz CT molecular complexity index is 529. The molecule has 0 aliphatic rings. The minimum Gasteiger partial charge on any atom is -0.496 e. The first kappa shape index (κ1) is 15.4. The third kappa shape index (κ3) is 3.94. The number of nitro benzene ring substituents is 1. The molecular formula is C12H14N2O6. The van der Waals surface area contributed by atoms with E-state index in [0.717, 1.165) is 0 Å². The summed E-state index contributed by atoms with van der Waals surface area (Å²) in [5.41, 5.74) is -0.532. The molecule has 20 heavy (non-hydrogen) atoms. The summed E-state index contributed by atoms with van der Waals surface area (Å²) in [4.78, 5) is 32.5. The fourth-order valence-corrected chi connectivity index (χ4v) is 1.60. The number of carbonyl (C=O) groups excluding carboxylic acids is 1. The van der Waals surface area contributed by atoms with Crippen molar-refractivity contribution >= 4 is 17.6 Å². The molecule has 0 aliphatic heterocycles. The number of hydrogen-bond acceptors (Lipinski definition) is 5. The molecule has 2 N–H and O–H groups in total. The van der Waals surface area contributed by atoms with Crippen LogP contribution in [0.4, 0.5) is 5.69 Å². The molecule has 0 heterocycles. The molecule has 0 saturated carbocycles. The average molecular weight is 282 g/mol. The van der Waals surface area contributed by atoms with Crippen molar-refractivity contribution in [1.29, 1.82) is 0 Å². The number of hydrogen-bond donors (Lipinski definition) is 2. The molecule has 0 radical (unpaired) electrons. The van der Waals surface area contributed by atoms with Crippen molar-refractivity contribution in [3.05, 3.63) is 33.9 Å². The van der Waals surface area contributed by atoms with E-state index in [1.165, 1.54) is 25.3 Å². The number of ether oxygens (including phenoxy) is 1. The van der Waals surface area contributed by atoms with Crippen molar-refractivity contribution in [3.8, 4) is 5.75 Å². The average Bonchev–Trinajstić information content (AvgIpc) is 2.42. The molecule has 1 amide bonds. The number of rotatable bonds is 7. The van der Waals surface area contributed by atoms with E-state index in [-0.39, 0.29) is 36.4 Å². The molecule has 1 aromatic carbocycles. The fourth-order valence-electron chi connectivity index (χ4n) is 1.60. The molecule has 0 spiro atoms. The highest BCUT2D eigenvalue weighted by atomic mass is 16.6. The van der Waals surface area contributed by atoms with Crippen molar-refractivity contribution in [2.45, 2.75) is 12.8 Å². The summed E-state index contributed by atoms with van der Waals surface area (Å²) < 4.78 is 4.94. The van der Waals surface area contributed by atoms with Crippen LogP contribution in [0.15, 0.2) is 18.2 Å². The molecule has 1 aromatic rings. The predicted molar refractivity (Wildman–Crippen MR) is 68.9 cm³/mol. The van der Waals surface area contributed by atoms with Crippen LogP contribution in [0.2, 0.25) is 0 Å². The number of nitro groups is 1. The molecular weight excluding hydrogens is 268 g/mol. The van der Waals surface area contributed by atoms with Crippen LogP contribution in [0.25, 0.3) is 0 Å².